The van der Waals surface area contributed by atoms with Crippen molar-refractivity contribution in [3.05, 3.63) is 100 Å². The first-order chi connectivity index (χ1) is 18.8. The van der Waals surface area contributed by atoms with Gasteiger partial charge in [0.1, 0.15) is 22.2 Å². The minimum absolute atomic E-state index is 0.224. The van der Waals surface area contributed by atoms with E-state index in [4.69, 9.17) is 4.98 Å². The number of aromatic carboxylic acids is 1. The molecule has 0 saturated carbocycles. The van der Waals surface area contributed by atoms with E-state index < -0.39 is 11.6 Å². The van der Waals surface area contributed by atoms with Crippen LogP contribution >= 0.6 is 11.3 Å². The first kappa shape index (κ1) is 24.9. The third-order valence-electron chi connectivity index (χ3n) is 6.84. The van der Waals surface area contributed by atoms with Crippen molar-refractivity contribution < 1.29 is 15.0 Å². The van der Waals surface area contributed by atoms with Crippen LogP contribution < -0.4 is 5.32 Å². The predicted molar refractivity (Wildman–Crippen MR) is 149 cm³/mol. The Morgan fingerprint density at radius 3 is 2.72 bits per heavy atom. The number of carboxylic acids is 1. The summed E-state index contributed by atoms with van der Waals surface area (Å²) >= 11 is 1.40. The second-order valence-electron chi connectivity index (χ2n) is 9.82. The molecule has 1 atom stereocenters. The van der Waals surface area contributed by atoms with Crippen LogP contribution in [0.3, 0.4) is 0 Å². The van der Waals surface area contributed by atoms with Gasteiger partial charge < -0.3 is 15.5 Å². The molecule has 6 rings (SSSR count). The lowest BCUT2D eigenvalue weighted by Crippen LogP contribution is -2.32. The van der Waals surface area contributed by atoms with Crippen LogP contribution in [0.4, 0.5) is 11.6 Å². The van der Waals surface area contributed by atoms with Gasteiger partial charge in [-0.1, -0.05) is 6.07 Å². The summed E-state index contributed by atoms with van der Waals surface area (Å²) in [6.45, 7) is 3.99. The first-order valence-corrected chi connectivity index (χ1v) is 13.4. The standard InChI is InChI=1S/C29H26N6O3S/c1-17-10-23(33-26(11-17)34-25-13-21(7-9-30-25)35-16-18(2)14-32-35)24-15-31-28(39-24)29(38)8-3-4-19-12-20(27(36)37)5-6-22(19)29/h5-7,9-16,38H,3-4,8H2,1-2H3,(H,36,37)(H,30,33,34)/t29-/m0/s1. The number of thiazole rings is 1. The van der Waals surface area contributed by atoms with E-state index >= 15 is 0 Å². The van der Waals surface area contributed by atoms with Crippen molar-refractivity contribution in [2.24, 2.45) is 0 Å². The van der Waals surface area contributed by atoms with Crippen molar-refractivity contribution in [3.8, 4) is 16.3 Å². The van der Waals surface area contributed by atoms with Gasteiger partial charge in [0.15, 0.2) is 0 Å². The van der Waals surface area contributed by atoms with Gasteiger partial charge in [0.2, 0.25) is 0 Å². The Morgan fingerprint density at radius 1 is 1.05 bits per heavy atom. The van der Waals surface area contributed by atoms with E-state index in [-0.39, 0.29) is 5.56 Å². The molecule has 4 aromatic heterocycles. The molecule has 9 nitrogen and oxygen atoms in total. The highest BCUT2D eigenvalue weighted by Gasteiger charge is 2.39. The van der Waals surface area contributed by atoms with Gasteiger partial charge in [-0.05, 0) is 85.7 Å². The average molecular weight is 539 g/mol. The number of benzene rings is 1. The van der Waals surface area contributed by atoms with Crippen molar-refractivity contribution in [2.75, 3.05) is 5.32 Å². The number of aryl methyl sites for hydroxylation is 3. The fourth-order valence-electron chi connectivity index (χ4n) is 4.99. The summed E-state index contributed by atoms with van der Waals surface area (Å²) in [7, 11) is 0. The number of anilines is 2. The minimum Gasteiger partial charge on any atom is -0.478 e. The summed E-state index contributed by atoms with van der Waals surface area (Å²) in [5.74, 6) is 0.310. The number of pyridine rings is 2. The van der Waals surface area contributed by atoms with E-state index in [0.717, 1.165) is 51.4 Å². The van der Waals surface area contributed by atoms with Gasteiger partial charge in [-0.15, -0.1) is 11.3 Å². The summed E-state index contributed by atoms with van der Waals surface area (Å²) < 4.78 is 1.80. The third kappa shape index (κ3) is 4.80. The molecule has 10 heteroatoms. The first-order valence-electron chi connectivity index (χ1n) is 12.6. The fraction of sp³-hybridized carbons (Fsp3) is 0.207. The summed E-state index contributed by atoms with van der Waals surface area (Å²) in [5, 5.41) is 29.4. The van der Waals surface area contributed by atoms with E-state index in [1.807, 2.05) is 44.3 Å². The normalized spacial score (nSPS) is 16.6. The molecule has 0 unspecified atom stereocenters. The topological polar surface area (TPSA) is 126 Å². The average Bonchev–Trinajstić information content (AvgIpc) is 3.59. The van der Waals surface area contributed by atoms with Gasteiger partial charge in [0.05, 0.1) is 28.0 Å². The molecule has 0 aliphatic heterocycles. The second kappa shape index (κ2) is 9.72. The Kier molecular flexibility index (Phi) is 6.20. The smallest absolute Gasteiger partial charge is 0.335 e. The molecule has 0 spiro atoms. The molecule has 0 saturated heterocycles. The van der Waals surface area contributed by atoms with E-state index in [0.29, 0.717) is 23.1 Å². The maximum atomic E-state index is 11.8. The molecule has 0 fully saturated rings. The number of hydrogen-bond acceptors (Lipinski definition) is 8. The highest BCUT2D eigenvalue weighted by molar-refractivity contribution is 7.15. The van der Waals surface area contributed by atoms with Crippen LogP contribution in [-0.2, 0) is 12.0 Å². The van der Waals surface area contributed by atoms with Crippen LogP contribution in [0, 0.1) is 13.8 Å². The molecular formula is C29H26N6O3S. The lowest BCUT2D eigenvalue weighted by Gasteiger charge is -2.33. The van der Waals surface area contributed by atoms with Crippen LogP contribution in [0.1, 0.15) is 50.5 Å². The predicted octanol–water partition coefficient (Wildman–Crippen LogP) is 5.42. The second-order valence-corrected chi connectivity index (χ2v) is 10.9. The number of nitrogens with zero attached hydrogens (tertiary/aromatic N) is 5. The van der Waals surface area contributed by atoms with Gasteiger partial charge in [-0.2, -0.15) is 5.10 Å². The van der Waals surface area contributed by atoms with Crippen LogP contribution in [0.5, 0.6) is 0 Å². The van der Waals surface area contributed by atoms with Gasteiger partial charge in [-0.25, -0.2) is 24.4 Å². The Bertz CT molecular complexity index is 1710. The fourth-order valence-corrected chi connectivity index (χ4v) is 5.99. The Hall–Kier alpha value is -4.41. The highest BCUT2D eigenvalue weighted by atomic mass is 32.1. The Balaban J connectivity index is 1.29. The zero-order valence-electron chi connectivity index (χ0n) is 21.4. The monoisotopic (exact) mass is 538 g/mol. The van der Waals surface area contributed by atoms with Gasteiger partial charge >= 0.3 is 5.97 Å². The maximum Gasteiger partial charge on any atom is 0.335 e. The van der Waals surface area contributed by atoms with E-state index in [1.165, 1.54) is 11.3 Å². The van der Waals surface area contributed by atoms with Crippen molar-refractivity contribution >= 4 is 28.9 Å². The maximum absolute atomic E-state index is 11.8. The van der Waals surface area contributed by atoms with E-state index in [1.54, 1.807) is 41.5 Å². The van der Waals surface area contributed by atoms with E-state index in [9.17, 15) is 15.0 Å². The molecule has 0 radical (unpaired) electrons. The number of fused-ring (bicyclic) bond motifs is 1. The molecule has 0 amide bonds. The zero-order valence-corrected chi connectivity index (χ0v) is 22.2. The molecule has 1 aliphatic rings. The summed E-state index contributed by atoms with van der Waals surface area (Å²) in [4.78, 5) is 26.1. The molecule has 1 aliphatic carbocycles. The number of hydrogen-bond donors (Lipinski definition) is 3. The lowest BCUT2D eigenvalue weighted by atomic mass is 9.79. The van der Waals surface area contributed by atoms with Crippen molar-refractivity contribution in [1.82, 2.24) is 24.7 Å². The van der Waals surface area contributed by atoms with Crippen molar-refractivity contribution in [2.45, 2.75) is 38.7 Å². The van der Waals surface area contributed by atoms with Crippen LogP contribution in [-0.4, -0.2) is 40.9 Å². The molecule has 196 valence electrons. The number of aliphatic hydroxyl groups is 1. The minimum atomic E-state index is -1.27. The lowest BCUT2D eigenvalue weighted by molar-refractivity contribution is 0.0607. The number of nitrogens with one attached hydrogen (secondary N) is 1. The molecule has 4 heterocycles. The molecule has 1 aromatic carbocycles. The van der Waals surface area contributed by atoms with Crippen molar-refractivity contribution in [3.63, 3.8) is 0 Å². The number of rotatable bonds is 6. The zero-order chi connectivity index (χ0) is 27.1. The summed E-state index contributed by atoms with van der Waals surface area (Å²) in [6, 6.07) is 12.7. The molecule has 5 aromatic rings. The van der Waals surface area contributed by atoms with Gasteiger partial charge in [-0.3, -0.25) is 0 Å². The number of carboxylic acid groups (broad SMARTS) is 1. The molecule has 0 bridgehead atoms. The SMILES string of the molecule is Cc1cc(Nc2cc(-n3cc(C)cn3)ccn2)nc(-c2cnc([C@]3(O)CCCc4cc(C(=O)O)ccc43)s2)c1. The molecule has 3 N–H and O–H groups in total. The van der Waals surface area contributed by atoms with Crippen LogP contribution in [0.15, 0.2) is 67.3 Å². The van der Waals surface area contributed by atoms with Crippen LogP contribution in [0.25, 0.3) is 16.3 Å². The summed E-state index contributed by atoms with van der Waals surface area (Å²) in [6.07, 6.45) is 9.20. The Labute approximate surface area is 228 Å². The molecule has 39 heavy (non-hydrogen) atoms. The highest BCUT2D eigenvalue weighted by Crippen LogP contribution is 2.43. The largest absolute Gasteiger partial charge is 0.478 e. The molecular weight excluding hydrogens is 512 g/mol. The summed E-state index contributed by atoms with van der Waals surface area (Å²) in [5.41, 5.74) is 4.23. The van der Waals surface area contributed by atoms with E-state index in [2.05, 4.69) is 20.4 Å². The number of carbonyl (C=O) groups is 1. The van der Waals surface area contributed by atoms with Crippen molar-refractivity contribution in [1.29, 1.82) is 0 Å². The van der Waals surface area contributed by atoms with Gasteiger partial charge in [0, 0.05) is 24.7 Å². The van der Waals surface area contributed by atoms with Gasteiger partial charge in [0.25, 0.3) is 0 Å². The third-order valence-corrected chi connectivity index (χ3v) is 8.01. The number of aromatic nitrogens is 5. The Morgan fingerprint density at radius 2 is 1.92 bits per heavy atom. The van der Waals surface area contributed by atoms with Crippen LogP contribution in [0.2, 0.25) is 0 Å². The quantitative estimate of drug-likeness (QED) is 0.262.